The molecule has 0 saturated carbocycles. The maximum Gasteiger partial charge on any atom is 0.225 e. The van der Waals surface area contributed by atoms with Crippen LogP contribution in [0.1, 0.15) is 26.2 Å². The van der Waals surface area contributed by atoms with E-state index in [1.54, 1.807) is 0 Å². The van der Waals surface area contributed by atoms with Crippen LogP contribution in [-0.2, 0) is 9.59 Å². The molecule has 1 atom stereocenters. The molecule has 1 unspecified atom stereocenters. The fraction of sp³-hybridized carbons (Fsp3) is 0.714. The molecule has 0 N–H and O–H groups in total. The molecular weight excluding hydrogens is 187 g/mol. The zero-order valence-corrected chi connectivity index (χ0v) is 7.78. The van der Waals surface area contributed by atoms with Crippen molar-refractivity contribution >= 4 is 33.7 Å². The van der Waals surface area contributed by atoms with Crippen LogP contribution in [0.25, 0.3) is 0 Å². The second-order valence-corrected chi connectivity index (χ2v) is 3.14. The Bertz CT molecular complexity index is 157. The van der Waals surface area contributed by atoms with Crippen molar-refractivity contribution in [2.75, 3.05) is 0 Å². The van der Waals surface area contributed by atoms with Crippen molar-refractivity contribution in [3.63, 3.8) is 0 Å². The van der Waals surface area contributed by atoms with E-state index in [1.807, 2.05) is 6.92 Å². The van der Waals surface area contributed by atoms with Gasteiger partial charge in [-0.15, -0.1) is 0 Å². The summed E-state index contributed by atoms with van der Waals surface area (Å²) in [5.74, 6) is -0.397. The molecule has 0 aliphatic heterocycles. The summed E-state index contributed by atoms with van der Waals surface area (Å²) in [6.45, 7) is 1.92. The van der Waals surface area contributed by atoms with Crippen LogP contribution >= 0.6 is 23.2 Å². The normalized spacial score (nSPS) is 12.6. The van der Waals surface area contributed by atoms with Gasteiger partial charge < -0.3 is 0 Å². The number of carbonyl (C=O) groups excluding carboxylic acids is 2. The molecule has 0 bridgehead atoms. The van der Waals surface area contributed by atoms with Crippen molar-refractivity contribution in [1.29, 1.82) is 0 Å². The van der Waals surface area contributed by atoms with Crippen molar-refractivity contribution in [2.24, 2.45) is 5.92 Å². The third-order valence-corrected chi connectivity index (χ3v) is 1.83. The van der Waals surface area contributed by atoms with Gasteiger partial charge in [-0.2, -0.15) is 0 Å². The molecule has 0 aliphatic carbocycles. The molecule has 0 saturated heterocycles. The average Bonchev–Trinajstić information content (AvgIpc) is 1.86. The average molecular weight is 197 g/mol. The molecule has 0 aliphatic rings. The second-order valence-electron chi connectivity index (χ2n) is 2.35. The van der Waals surface area contributed by atoms with Gasteiger partial charge in [0.25, 0.3) is 0 Å². The standard InChI is InChI=1S/C7H10Cl2O2/c1-2-3-5(7(9)11)4-6(8)10/h5H,2-4H2,1H3. The van der Waals surface area contributed by atoms with Crippen molar-refractivity contribution in [3.05, 3.63) is 0 Å². The summed E-state index contributed by atoms with van der Waals surface area (Å²) in [7, 11) is 0. The maximum atomic E-state index is 10.6. The van der Waals surface area contributed by atoms with Crippen LogP contribution in [0.5, 0.6) is 0 Å². The van der Waals surface area contributed by atoms with Gasteiger partial charge in [-0.25, -0.2) is 0 Å². The van der Waals surface area contributed by atoms with Gasteiger partial charge in [0.15, 0.2) is 0 Å². The summed E-state index contributed by atoms with van der Waals surface area (Å²) in [4.78, 5) is 21.0. The first-order valence-corrected chi connectivity index (χ1v) is 4.21. The van der Waals surface area contributed by atoms with Crippen molar-refractivity contribution < 1.29 is 9.59 Å². The first kappa shape index (κ1) is 10.9. The lowest BCUT2D eigenvalue weighted by atomic mass is 10.0. The highest BCUT2D eigenvalue weighted by molar-refractivity contribution is 6.66. The monoisotopic (exact) mass is 196 g/mol. The third-order valence-electron chi connectivity index (χ3n) is 1.36. The number of halogens is 2. The van der Waals surface area contributed by atoms with Gasteiger partial charge >= 0.3 is 0 Å². The predicted molar refractivity (Wildman–Crippen MR) is 44.7 cm³/mol. The van der Waals surface area contributed by atoms with E-state index in [-0.39, 0.29) is 6.42 Å². The van der Waals surface area contributed by atoms with Crippen molar-refractivity contribution in [2.45, 2.75) is 26.2 Å². The summed E-state index contributed by atoms with van der Waals surface area (Å²) in [5, 5.41) is -0.974. The molecular formula is C7H10Cl2O2. The fourth-order valence-electron chi connectivity index (χ4n) is 0.838. The summed E-state index contributed by atoms with van der Waals surface area (Å²) >= 11 is 10.3. The van der Waals surface area contributed by atoms with Crippen LogP contribution < -0.4 is 0 Å². The maximum absolute atomic E-state index is 10.6. The van der Waals surface area contributed by atoms with E-state index < -0.39 is 16.4 Å². The van der Waals surface area contributed by atoms with Gasteiger partial charge in [0.1, 0.15) is 0 Å². The molecule has 2 nitrogen and oxygen atoms in total. The molecule has 11 heavy (non-hydrogen) atoms. The highest BCUT2D eigenvalue weighted by atomic mass is 35.5. The van der Waals surface area contributed by atoms with Gasteiger partial charge in [0, 0.05) is 12.3 Å². The van der Waals surface area contributed by atoms with E-state index in [0.717, 1.165) is 6.42 Å². The van der Waals surface area contributed by atoms with E-state index in [1.165, 1.54) is 0 Å². The zero-order valence-electron chi connectivity index (χ0n) is 6.27. The molecule has 0 rings (SSSR count). The van der Waals surface area contributed by atoms with Crippen LogP contribution in [0.2, 0.25) is 0 Å². The quantitative estimate of drug-likeness (QED) is 0.633. The molecule has 64 valence electrons. The highest BCUT2D eigenvalue weighted by Crippen LogP contribution is 2.15. The topological polar surface area (TPSA) is 34.1 Å². The van der Waals surface area contributed by atoms with Crippen LogP contribution in [0.15, 0.2) is 0 Å². The molecule has 0 fully saturated rings. The van der Waals surface area contributed by atoms with Crippen molar-refractivity contribution in [3.8, 4) is 0 Å². The Hall–Kier alpha value is -0.0800. The lowest BCUT2D eigenvalue weighted by Crippen LogP contribution is -2.11. The van der Waals surface area contributed by atoms with Gasteiger partial charge in [-0.1, -0.05) is 13.3 Å². The molecule has 0 amide bonds. The lowest BCUT2D eigenvalue weighted by Gasteiger charge is -2.06. The molecule has 0 aromatic rings. The first-order chi connectivity index (χ1) is 5.07. The molecule has 0 aromatic heterocycles. The van der Waals surface area contributed by atoms with Crippen LogP contribution in [0, 0.1) is 5.92 Å². The van der Waals surface area contributed by atoms with Crippen LogP contribution in [-0.4, -0.2) is 10.5 Å². The fourth-order valence-corrected chi connectivity index (χ4v) is 1.21. The number of hydrogen-bond acceptors (Lipinski definition) is 2. The lowest BCUT2D eigenvalue weighted by molar-refractivity contribution is -0.120. The first-order valence-electron chi connectivity index (χ1n) is 3.45. The summed E-state index contributed by atoms with van der Waals surface area (Å²) < 4.78 is 0. The SMILES string of the molecule is CCCC(CC(=O)Cl)C(=O)Cl. The smallest absolute Gasteiger partial charge is 0.225 e. The third kappa shape index (κ3) is 5.22. The summed E-state index contributed by atoms with van der Waals surface area (Å²) in [6, 6.07) is 0. The minimum atomic E-state index is -0.502. The van der Waals surface area contributed by atoms with Gasteiger partial charge in [-0.3, -0.25) is 9.59 Å². The zero-order chi connectivity index (χ0) is 8.85. The van der Waals surface area contributed by atoms with Gasteiger partial charge in [-0.05, 0) is 29.6 Å². The number of rotatable bonds is 5. The van der Waals surface area contributed by atoms with Crippen LogP contribution in [0.4, 0.5) is 0 Å². The Morgan fingerprint density at radius 2 is 1.91 bits per heavy atom. The molecule has 0 radical (unpaired) electrons. The highest BCUT2D eigenvalue weighted by Gasteiger charge is 2.17. The second kappa shape index (κ2) is 5.56. The minimum Gasteiger partial charge on any atom is -0.281 e. The molecule has 4 heteroatoms. The summed E-state index contributed by atoms with van der Waals surface area (Å²) in [5.41, 5.74) is 0. The number of carbonyl (C=O) groups is 2. The van der Waals surface area contributed by atoms with Gasteiger partial charge in [0.05, 0.1) is 0 Å². The molecule has 0 spiro atoms. The largest absolute Gasteiger partial charge is 0.281 e. The van der Waals surface area contributed by atoms with E-state index in [0.29, 0.717) is 6.42 Å². The predicted octanol–water partition coefficient (Wildman–Crippen LogP) is 2.32. The van der Waals surface area contributed by atoms with Crippen molar-refractivity contribution in [1.82, 2.24) is 0 Å². The Kier molecular flexibility index (Phi) is 5.51. The van der Waals surface area contributed by atoms with Gasteiger partial charge in [0.2, 0.25) is 10.5 Å². The molecule has 0 heterocycles. The minimum absolute atomic E-state index is 0.0533. The van der Waals surface area contributed by atoms with E-state index >= 15 is 0 Å². The number of hydrogen-bond donors (Lipinski definition) is 0. The molecule has 0 aromatic carbocycles. The van der Waals surface area contributed by atoms with E-state index in [2.05, 4.69) is 0 Å². The van der Waals surface area contributed by atoms with E-state index in [9.17, 15) is 9.59 Å². The Morgan fingerprint density at radius 1 is 1.36 bits per heavy atom. The van der Waals surface area contributed by atoms with Crippen LogP contribution in [0.3, 0.4) is 0 Å². The Balaban J connectivity index is 3.89. The summed E-state index contributed by atoms with van der Waals surface area (Å²) in [6.07, 6.45) is 1.51. The Morgan fingerprint density at radius 3 is 2.18 bits per heavy atom. The Labute approximate surface area is 75.9 Å². The van der Waals surface area contributed by atoms with E-state index in [4.69, 9.17) is 23.2 Å².